The van der Waals surface area contributed by atoms with Gasteiger partial charge in [0.2, 0.25) is 0 Å². The second-order valence-electron chi connectivity index (χ2n) is 3.02. The third-order valence-electron chi connectivity index (χ3n) is 2.41. The van der Waals surface area contributed by atoms with Crippen LogP contribution < -0.4 is 5.73 Å². The first-order chi connectivity index (χ1) is 5.65. The highest BCUT2D eigenvalue weighted by atomic mass is 16.6. The Labute approximate surface area is 69.5 Å². The average Bonchev–Trinajstić information content (AvgIpc) is 2.44. The Bertz CT molecular complexity index is 263. The third-order valence-corrected chi connectivity index (χ3v) is 2.41. The van der Waals surface area contributed by atoms with Gasteiger partial charge < -0.3 is 15.2 Å². The van der Waals surface area contributed by atoms with Crippen molar-refractivity contribution in [1.82, 2.24) is 0 Å². The van der Waals surface area contributed by atoms with E-state index in [4.69, 9.17) is 15.2 Å². The summed E-state index contributed by atoms with van der Waals surface area (Å²) in [5, 5.41) is 0. The van der Waals surface area contributed by atoms with Gasteiger partial charge in [-0.3, -0.25) is 0 Å². The van der Waals surface area contributed by atoms with E-state index in [-0.39, 0.29) is 11.9 Å². The normalized spacial score (nSPS) is 40.2. The van der Waals surface area contributed by atoms with Crippen LogP contribution in [-0.2, 0) is 9.47 Å². The lowest BCUT2D eigenvalue weighted by Gasteiger charge is -2.24. The van der Waals surface area contributed by atoms with Gasteiger partial charge in [-0.05, 0) is 6.92 Å². The summed E-state index contributed by atoms with van der Waals surface area (Å²) in [4.78, 5) is 14.3. The summed E-state index contributed by atoms with van der Waals surface area (Å²) >= 11 is 0. The van der Waals surface area contributed by atoms with Gasteiger partial charge in [-0.25, -0.2) is 4.79 Å². The molecule has 0 aliphatic carbocycles. The Morgan fingerprint density at radius 2 is 2.50 bits per heavy atom. The van der Waals surface area contributed by atoms with Gasteiger partial charge in [0.05, 0.1) is 6.61 Å². The van der Waals surface area contributed by atoms with Crippen LogP contribution in [0.4, 0.5) is 4.79 Å². The fourth-order valence-electron chi connectivity index (χ4n) is 1.62. The Hall–Kier alpha value is -1.10. The molecular formula is C7H10N2O3. The second-order valence-corrected chi connectivity index (χ2v) is 3.02. The molecule has 1 amide bonds. The highest BCUT2D eigenvalue weighted by Crippen LogP contribution is 2.33. The summed E-state index contributed by atoms with van der Waals surface area (Å²) in [6.07, 6.45) is -0.188. The quantitative estimate of drug-likeness (QED) is 0.557. The monoisotopic (exact) mass is 170 g/mol. The molecule has 0 aromatic heterocycles. The summed E-state index contributed by atoms with van der Waals surface area (Å²) in [7, 11) is 0. The summed E-state index contributed by atoms with van der Waals surface area (Å²) in [6.45, 7) is 2.39. The maximum atomic E-state index is 10.8. The highest BCUT2D eigenvalue weighted by molar-refractivity contribution is 6.02. The molecule has 5 heteroatoms. The minimum Gasteiger partial charge on any atom is -0.430 e. The number of rotatable bonds is 0. The minimum atomic E-state index is -0.767. The Balaban J connectivity index is 2.33. The Morgan fingerprint density at radius 1 is 1.75 bits per heavy atom. The number of amidine groups is 1. The first kappa shape index (κ1) is 7.54. The number of hydrogen-bond donors (Lipinski definition) is 1. The maximum absolute atomic E-state index is 10.8. The summed E-state index contributed by atoms with van der Waals surface area (Å²) in [5.41, 5.74) is 4.81. The predicted molar refractivity (Wildman–Crippen MR) is 40.9 cm³/mol. The van der Waals surface area contributed by atoms with Crippen LogP contribution in [0, 0.1) is 0 Å². The fourth-order valence-corrected chi connectivity index (χ4v) is 1.62. The lowest BCUT2D eigenvalue weighted by molar-refractivity contribution is 0.0153. The third kappa shape index (κ3) is 0.768. The molecule has 1 spiro atoms. The van der Waals surface area contributed by atoms with E-state index in [0.717, 1.165) is 0 Å². The number of nitrogens with two attached hydrogens (primary N) is 1. The molecule has 0 radical (unpaired) electrons. The van der Waals surface area contributed by atoms with Gasteiger partial charge in [0.25, 0.3) is 0 Å². The van der Waals surface area contributed by atoms with Crippen LogP contribution in [0.2, 0.25) is 0 Å². The second kappa shape index (κ2) is 2.20. The molecule has 2 rings (SSSR count). The van der Waals surface area contributed by atoms with Crippen LogP contribution >= 0.6 is 0 Å². The largest absolute Gasteiger partial charge is 0.436 e. The Kier molecular flexibility index (Phi) is 1.38. The van der Waals surface area contributed by atoms with Crippen molar-refractivity contribution in [3.8, 4) is 0 Å². The zero-order chi connectivity index (χ0) is 8.77. The number of ether oxygens (including phenoxy) is 2. The molecule has 1 fully saturated rings. The molecule has 66 valence electrons. The molecule has 12 heavy (non-hydrogen) atoms. The van der Waals surface area contributed by atoms with E-state index in [1.165, 1.54) is 0 Å². The van der Waals surface area contributed by atoms with Gasteiger partial charge in [0.1, 0.15) is 6.10 Å². The Morgan fingerprint density at radius 3 is 2.92 bits per heavy atom. The van der Waals surface area contributed by atoms with Crippen LogP contribution in [0.25, 0.3) is 0 Å². The molecular weight excluding hydrogens is 160 g/mol. The van der Waals surface area contributed by atoms with E-state index in [1.807, 2.05) is 6.92 Å². The van der Waals surface area contributed by atoms with Gasteiger partial charge in [-0.2, -0.15) is 4.99 Å². The first-order valence-electron chi connectivity index (χ1n) is 3.84. The number of carbonyl (C=O) groups is 1. The van der Waals surface area contributed by atoms with E-state index in [2.05, 4.69) is 4.99 Å². The number of hydrogen-bond acceptors (Lipinski definition) is 4. The molecule has 1 saturated heterocycles. The van der Waals surface area contributed by atoms with Gasteiger partial charge >= 0.3 is 6.09 Å². The highest BCUT2D eigenvalue weighted by Gasteiger charge is 2.52. The van der Waals surface area contributed by atoms with Crippen molar-refractivity contribution >= 4 is 11.9 Å². The molecule has 2 atom stereocenters. The summed E-state index contributed by atoms with van der Waals surface area (Å²) < 4.78 is 10.3. The predicted octanol–water partition coefficient (Wildman–Crippen LogP) is 0.0414. The summed E-state index contributed by atoms with van der Waals surface area (Å²) in [6, 6.07) is 0. The van der Waals surface area contributed by atoms with Crippen molar-refractivity contribution in [2.75, 3.05) is 6.61 Å². The van der Waals surface area contributed by atoms with Crippen LogP contribution in [0.5, 0.6) is 0 Å². The average molecular weight is 170 g/mol. The number of carbonyl (C=O) groups excluding carboxylic acids is 1. The minimum absolute atomic E-state index is 0.187. The standard InChI is InChI=1S/C7H10N2O3/c1-4-7(2-3-11-4)5(8)9-6(10)12-7/h4H,2-3H2,1H3,(H2,8,9,10). The first-order valence-corrected chi connectivity index (χ1v) is 3.84. The molecule has 5 nitrogen and oxygen atoms in total. The van der Waals surface area contributed by atoms with Gasteiger partial charge in [-0.15, -0.1) is 0 Å². The van der Waals surface area contributed by atoms with Gasteiger partial charge in [0, 0.05) is 6.42 Å². The molecule has 0 saturated carbocycles. The van der Waals surface area contributed by atoms with Crippen molar-refractivity contribution in [1.29, 1.82) is 0 Å². The van der Waals surface area contributed by atoms with Gasteiger partial charge in [-0.1, -0.05) is 0 Å². The molecule has 2 unspecified atom stereocenters. The molecule has 0 aromatic rings. The zero-order valence-corrected chi connectivity index (χ0v) is 6.74. The van der Waals surface area contributed by atoms with E-state index in [0.29, 0.717) is 13.0 Å². The molecule has 2 N–H and O–H groups in total. The van der Waals surface area contributed by atoms with E-state index in [9.17, 15) is 4.79 Å². The lowest BCUT2D eigenvalue weighted by atomic mass is 9.96. The van der Waals surface area contributed by atoms with Crippen molar-refractivity contribution in [2.24, 2.45) is 10.7 Å². The molecule has 0 bridgehead atoms. The fraction of sp³-hybridized carbons (Fsp3) is 0.714. The van der Waals surface area contributed by atoms with E-state index >= 15 is 0 Å². The number of nitrogens with zero attached hydrogens (tertiary/aromatic N) is 1. The zero-order valence-electron chi connectivity index (χ0n) is 6.74. The molecule has 0 aromatic carbocycles. The maximum Gasteiger partial charge on any atom is 0.436 e. The van der Waals surface area contributed by atoms with Crippen LogP contribution in [0.15, 0.2) is 4.99 Å². The SMILES string of the molecule is CC1OCCC12OC(=O)N=C2N. The van der Waals surface area contributed by atoms with Gasteiger partial charge in [0.15, 0.2) is 11.4 Å². The van der Waals surface area contributed by atoms with Crippen molar-refractivity contribution < 1.29 is 14.3 Å². The van der Waals surface area contributed by atoms with Crippen molar-refractivity contribution in [3.63, 3.8) is 0 Å². The van der Waals surface area contributed by atoms with Crippen LogP contribution in [0.1, 0.15) is 13.3 Å². The molecule has 2 aliphatic heterocycles. The smallest absolute Gasteiger partial charge is 0.430 e. The topological polar surface area (TPSA) is 73.9 Å². The van der Waals surface area contributed by atoms with Crippen LogP contribution in [0.3, 0.4) is 0 Å². The van der Waals surface area contributed by atoms with Crippen molar-refractivity contribution in [2.45, 2.75) is 25.0 Å². The van der Waals surface area contributed by atoms with Crippen molar-refractivity contribution in [3.05, 3.63) is 0 Å². The number of amides is 1. The lowest BCUT2D eigenvalue weighted by Crippen LogP contribution is -2.48. The van der Waals surface area contributed by atoms with Crippen LogP contribution in [-0.4, -0.2) is 30.2 Å². The van der Waals surface area contributed by atoms with E-state index < -0.39 is 11.7 Å². The molecule has 2 heterocycles. The number of aliphatic imine (C=N–C) groups is 1. The summed E-state index contributed by atoms with van der Waals surface area (Å²) in [5.74, 6) is 0.248. The van der Waals surface area contributed by atoms with E-state index in [1.54, 1.807) is 0 Å². The molecule has 2 aliphatic rings.